The summed E-state index contributed by atoms with van der Waals surface area (Å²) in [5.41, 5.74) is 8.82. The van der Waals surface area contributed by atoms with Gasteiger partial charge < -0.3 is 13.6 Å². The maximum atomic E-state index is 6.43. The van der Waals surface area contributed by atoms with Crippen molar-refractivity contribution in [2.45, 2.75) is 19.6 Å². The Morgan fingerprint density at radius 1 is 0.310 bits per heavy atom. The van der Waals surface area contributed by atoms with Crippen molar-refractivity contribution in [1.82, 2.24) is 9.13 Å². The van der Waals surface area contributed by atoms with Gasteiger partial charge in [-0.2, -0.15) is 0 Å². The third-order valence-electron chi connectivity index (χ3n) is 11.8. The first-order valence-electron chi connectivity index (χ1n) is 19.8. The highest BCUT2D eigenvalue weighted by Gasteiger charge is 2.34. The fourth-order valence-electron chi connectivity index (χ4n) is 9.40. The molecule has 0 atom stereocenters. The number of para-hydroxylation sites is 4. The van der Waals surface area contributed by atoms with Gasteiger partial charge in [0.2, 0.25) is 0 Å². The average molecular weight is 761 g/mol. The molecule has 9 aromatic carbocycles. The van der Waals surface area contributed by atoms with Gasteiger partial charge in [0, 0.05) is 57.9 Å². The van der Waals surface area contributed by atoms with Crippen molar-refractivity contribution in [3.63, 3.8) is 0 Å². The van der Waals surface area contributed by atoms with Crippen LogP contribution >= 0.6 is 10.0 Å². The van der Waals surface area contributed by atoms with E-state index >= 15 is 0 Å². The molecule has 12 aromatic rings. The number of fused-ring (bicyclic) bond motifs is 10. The van der Waals surface area contributed by atoms with Gasteiger partial charge in [0.15, 0.2) is 0 Å². The molecule has 0 bridgehead atoms. The summed E-state index contributed by atoms with van der Waals surface area (Å²) in [4.78, 5) is 5.16. The Balaban J connectivity index is 1.14. The van der Waals surface area contributed by atoms with Gasteiger partial charge in [0.25, 0.3) is 0 Å². The van der Waals surface area contributed by atoms with E-state index in [2.05, 4.69) is 221 Å². The van der Waals surface area contributed by atoms with E-state index in [9.17, 15) is 0 Å². The first kappa shape index (κ1) is 32.9. The highest BCUT2D eigenvalue weighted by Crippen LogP contribution is 2.73. The van der Waals surface area contributed by atoms with E-state index in [1.54, 1.807) is 0 Å². The van der Waals surface area contributed by atoms with Crippen LogP contribution < -0.4 is 0 Å². The lowest BCUT2D eigenvalue weighted by Gasteiger charge is -2.42. The number of rotatable bonds is 6. The molecule has 0 aliphatic rings. The molecule has 58 heavy (non-hydrogen) atoms. The zero-order valence-corrected chi connectivity index (χ0v) is 32.3. The lowest BCUT2D eigenvalue weighted by Crippen LogP contribution is -2.06. The van der Waals surface area contributed by atoms with E-state index in [4.69, 9.17) is 4.42 Å². The second kappa shape index (κ2) is 12.9. The standard InChI is InChI=1S/C54H36N2OS/c1-4-16-37(17-5-1)55-48-25-13-11-23-44(48)47-36-42(32-34-50(47)55)58(39-18-6-2-7-19-39,40-20-8-3-9-21-40)41-30-28-38(29-31-41)56-49-26-14-10-22-43(49)45-33-35-52-53(54(45)56)46-24-12-15-27-51(46)57-52/h1-36H. The van der Waals surface area contributed by atoms with Crippen molar-refractivity contribution in [2.75, 3.05) is 0 Å². The van der Waals surface area contributed by atoms with E-state index in [1.165, 1.54) is 63.2 Å². The summed E-state index contributed by atoms with van der Waals surface area (Å²) in [5.74, 6) is 0. The molecule has 0 radical (unpaired) electrons. The zero-order chi connectivity index (χ0) is 38.2. The van der Waals surface area contributed by atoms with Crippen LogP contribution in [0, 0.1) is 0 Å². The molecule has 274 valence electrons. The molecule has 3 heterocycles. The third kappa shape index (κ3) is 4.70. The molecule has 0 saturated carbocycles. The topological polar surface area (TPSA) is 23.0 Å². The van der Waals surface area contributed by atoms with Crippen LogP contribution in [-0.2, 0) is 0 Å². The predicted octanol–water partition coefficient (Wildman–Crippen LogP) is 15.1. The van der Waals surface area contributed by atoms with Crippen LogP contribution in [0.3, 0.4) is 0 Å². The van der Waals surface area contributed by atoms with Gasteiger partial charge in [0.1, 0.15) is 11.2 Å². The van der Waals surface area contributed by atoms with Gasteiger partial charge in [-0.05, 0) is 109 Å². The Morgan fingerprint density at radius 3 is 1.50 bits per heavy atom. The van der Waals surface area contributed by atoms with Crippen LogP contribution in [0.25, 0.3) is 76.9 Å². The van der Waals surface area contributed by atoms with Crippen molar-refractivity contribution >= 4 is 75.6 Å². The molecular weight excluding hydrogens is 725 g/mol. The first-order chi connectivity index (χ1) is 28.8. The molecule has 0 spiro atoms. The molecule has 0 aliphatic heterocycles. The molecule has 0 saturated heterocycles. The Labute approximate surface area is 336 Å². The summed E-state index contributed by atoms with van der Waals surface area (Å²) >= 11 is 0. The van der Waals surface area contributed by atoms with Crippen molar-refractivity contribution in [1.29, 1.82) is 0 Å². The van der Waals surface area contributed by atoms with E-state index in [0.717, 1.165) is 33.3 Å². The molecule has 3 aromatic heterocycles. The first-order valence-corrected chi connectivity index (χ1v) is 21.4. The Morgan fingerprint density at radius 2 is 0.810 bits per heavy atom. The molecular formula is C54H36N2OS. The molecule has 0 aliphatic carbocycles. The zero-order valence-electron chi connectivity index (χ0n) is 31.5. The van der Waals surface area contributed by atoms with Crippen molar-refractivity contribution in [2.24, 2.45) is 0 Å². The van der Waals surface area contributed by atoms with Crippen molar-refractivity contribution < 1.29 is 4.42 Å². The van der Waals surface area contributed by atoms with Crippen LogP contribution in [0.5, 0.6) is 0 Å². The highest BCUT2D eigenvalue weighted by atomic mass is 32.3. The molecule has 4 heteroatoms. The summed E-state index contributed by atoms with van der Waals surface area (Å²) in [6, 6.07) is 79.9. The van der Waals surface area contributed by atoms with Crippen molar-refractivity contribution in [3.8, 4) is 11.4 Å². The largest absolute Gasteiger partial charge is 0.456 e. The second-order valence-corrected chi connectivity index (χ2v) is 18.0. The fraction of sp³-hybridized carbons (Fsp3) is 0. The maximum absolute atomic E-state index is 6.43. The number of hydrogen-bond donors (Lipinski definition) is 0. The average Bonchev–Trinajstić information content (AvgIpc) is 3.96. The van der Waals surface area contributed by atoms with Gasteiger partial charge in [-0.25, -0.2) is 0 Å². The van der Waals surface area contributed by atoms with Crippen LogP contribution in [0.2, 0.25) is 0 Å². The molecule has 12 rings (SSSR count). The molecule has 0 fully saturated rings. The second-order valence-electron chi connectivity index (χ2n) is 14.9. The summed E-state index contributed by atoms with van der Waals surface area (Å²) in [5, 5.41) is 7.21. The molecule has 0 unspecified atom stereocenters. The summed E-state index contributed by atoms with van der Waals surface area (Å²) in [6.45, 7) is 0. The van der Waals surface area contributed by atoms with Crippen LogP contribution in [0.4, 0.5) is 0 Å². The SMILES string of the molecule is c1ccc(-n2c3ccccc3c3cc(S(c4ccccc4)(c4ccccc4)c4ccc(-n5c6ccccc6c6ccc7oc8ccccc8c7c65)cc4)ccc32)cc1. The van der Waals surface area contributed by atoms with Crippen LogP contribution in [0.1, 0.15) is 0 Å². The monoisotopic (exact) mass is 760 g/mol. The minimum atomic E-state index is -1.99. The number of nitrogens with zero attached hydrogens (tertiary/aromatic N) is 2. The Bertz CT molecular complexity index is 3450. The third-order valence-corrected chi connectivity index (χ3v) is 15.7. The minimum Gasteiger partial charge on any atom is -0.456 e. The van der Waals surface area contributed by atoms with E-state index in [-0.39, 0.29) is 0 Å². The number of aromatic nitrogens is 2. The molecule has 0 amide bonds. The van der Waals surface area contributed by atoms with E-state index in [1.807, 2.05) is 6.07 Å². The number of furan rings is 1. The smallest absolute Gasteiger partial charge is 0.137 e. The summed E-state index contributed by atoms with van der Waals surface area (Å²) in [6.07, 6.45) is 0. The van der Waals surface area contributed by atoms with Crippen molar-refractivity contribution in [3.05, 3.63) is 218 Å². The van der Waals surface area contributed by atoms with Gasteiger partial charge in [-0.1, -0.05) is 109 Å². The van der Waals surface area contributed by atoms with E-state index in [0.29, 0.717) is 0 Å². The van der Waals surface area contributed by atoms with Gasteiger partial charge in [-0.15, -0.1) is 10.0 Å². The molecule has 0 N–H and O–H groups in total. The normalized spacial score (nSPS) is 12.4. The van der Waals surface area contributed by atoms with Crippen LogP contribution in [-0.4, -0.2) is 9.13 Å². The predicted molar refractivity (Wildman–Crippen MR) is 242 cm³/mol. The van der Waals surface area contributed by atoms with E-state index < -0.39 is 10.0 Å². The lowest BCUT2D eigenvalue weighted by molar-refractivity contribution is 0.669. The highest BCUT2D eigenvalue weighted by molar-refractivity contribution is 8.34. The Kier molecular flexibility index (Phi) is 7.31. The van der Waals surface area contributed by atoms with Gasteiger partial charge >= 0.3 is 0 Å². The lowest BCUT2D eigenvalue weighted by atomic mass is 10.1. The Hall–Kier alpha value is -7.27. The fourth-order valence-corrected chi connectivity index (χ4v) is 13.3. The van der Waals surface area contributed by atoms with Crippen LogP contribution in [0.15, 0.2) is 242 Å². The van der Waals surface area contributed by atoms with Gasteiger partial charge in [0.05, 0.1) is 27.5 Å². The molecule has 3 nitrogen and oxygen atoms in total. The quantitative estimate of drug-likeness (QED) is 0.166. The van der Waals surface area contributed by atoms with Gasteiger partial charge in [-0.3, -0.25) is 0 Å². The minimum absolute atomic E-state index is 0.898. The number of hydrogen-bond acceptors (Lipinski definition) is 1. The maximum Gasteiger partial charge on any atom is 0.137 e. The summed E-state index contributed by atoms with van der Waals surface area (Å²) < 4.78 is 11.3. The summed E-state index contributed by atoms with van der Waals surface area (Å²) in [7, 11) is -1.99. The number of benzene rings is 9.